The van der Waals surface area contributed by atoms with Crippen LogP contribution in [-0.2, 0) is 14.6 Å². The summed E-state index contributed by atoms with van der Waals surface area (Å²) in [7, 11) is -3.44. The van der Waals surface area contributed by atoms with Gasteiger partial charge >= 0.3 is 5.97 Å². The highest BCUT2D eigenvalue weighted by molar-refractivity contribution is 7.91. The molecule has 2 atom stereocenters. The molecule has 1 heterocycles. The van der Waals surface area contributed by atoms with E-state index in [1.165, 1.54) is 6.07 Å². The first kappa shape index (κ1) is 14.6. The first-order valence-corrected chi connectivity index (χ1v) is 8.00. The molecule has 2 rings (SSSR count). The standard InChI is InChI=1S/C11H11Cl2NO4S/c12-6-1-2-7(8(13)3-6)9-4-19(17,18)5-10(14-9)11(15)16/h1-3,9-10,14H,4-5H2,(H,15,16). The van der Waals surface area contributed by atoms with Crippen LogP contribution < -0.4 is 5.32 Å². The summed E-state index contributed by atoms with van der Waals surface area (Å²) in [5.41, 5.74) is 0.528. The second-order valence-corrected chi connectivity index (χ2v) is 7.35. The molecule has 1 aromatic carbocycles. The van der Waals surface area contributed by atoms with Crippen molar-refractivity contribution in [1.29, 1.82) is 0 Å². The molecule has 2 unspecified atom stereocenters. The topological polar surface area (TPSA) is 83.5 Å². The van der Waals surface area contributed by atoms with Gasteiger partial charge in [0, 0.05) is 16.1 Å². The Morgan fingerprint density at radius 3 is 2.58 bits per heavy atom. The molecule has 1 saturated heterocycles. The lowest BCUT2D eigenvalue weighted by atomic mass is 10.1. The van der Waals surface area contributed by atoms with Gasteiger partial charge < -0.3 is 5.11 Å². The minimum Gasteiger partial charge on any atom is -0.480 e. The third kappa shape index (κ3) is 3.39. The van der Waals surface area contributed by atoms with Crippen molar-refractivity contribution in [2.45, 2.75) is 12.1 Å². The molecule has 0 saturated carbocycles. The van der Waals surface area contributed by atoms with E-state index >= 15 is 0 Å². The Hall–Kier alpha value is -0.820. The smallest absolute Gasteiger partial charge is 0.321 e. The number of aliphatic carboxylic acids is 1. The number of hydrogen-bond donors (Lipinski definition) is 2. The van der Waals surface area contributed by atoms with Gasteiger partial charge in [-0.25, -0.2) is 8.42 Å². The van der Waals surface area contributed by atoms with Gasteiger partial charge in [-0.3, -0.25) is 10.1 Å². The summed E-state index contributed by atoms with van der Waals surface area (Å²) in [5, 5.41) is 12.5. The van der Waals surface area contributed by atoms with Crippen LogP contribution in [0.25, 0.3) is 0 Å². The Morgan fingerprint density at radius 2 is 2.00 bits per heavy atom. The van der Waals surface area contributed by atoms with Crippen molar-refractivity contribution in [3.63, 3.8) is 0 Å². The minimum absolute atomic E-state index is 0.182. The van der Waals surface area contributed by atoms with Crippen LogP contribution in [0.4, 0.5) is 0 Å². The van der Waals surface area contributed by atoms with E-state index in [1.54, 1.807) is 12.1 Å². The van der Waals surface area contributed by atoms with Crippen molar-refractivity contribution >= 4 is 39.0 Å². The number of carboxylic acid groups (broad SMARTS) is 1. The first-order valence-electron chi connectivity index (χ1n) is 5.43. The number of halogens is 2. The second kappa shape index (κ2) is 5.28. The second-order valence-electron chi connectivity index (χ2n) is 4.35. The van der Waals surface area contributed by atoms with Crippen LogP contribution in [-0.4, -0.2) is 37.0 Å². The van der Waals surface area contributed by atoms with Crippen LogP contribution in [0.1, 0.15) is 11.6 Å². The third-order valence-electron chi connectivity index (χ3n) is 2.88. The molecule has 5 nitrogen and oxygen atoms in total. The predicted octanol–water partition coefficient (Wildman–Crippen LogP) is 1.51. The van der Waals surface area contributed by atoms with Gasteiger partial charge in [0.2, 0.25) is 0 Å². The Bertz CT molecular complexity index is 617. The summed E-state index contributed by atoms with van der Waals surface area (Å²) < 4.78 is 23.5. The predicted molar refractivity (Wildman–Crippen MR) is 72.4 cm³/mol. The molecule has 8 heteroatoms. The van der Waals surface area contributed by atoms with Crippen molar-refractivity contribution in [3.8, 4) is 0 Å². The molecule has 1 aliphatic rings. The number of rotatable bonds is 2. The van der Waals surface area contributed by atoms with E-state index < -0.39 is 33.6 Å². The van der Waals surface area contributed by atoms with Crippen LogP contribution in [0.2, 0.25) is 10.0 Å². The molecule has 2 N–H and O–H groups in total. The Balaban J connectivity index is 2.36. The zero-order chi connectivity index (χ0) is 14.2. The SMILES string of the molecule is O=C(O)C1CS(=O)(=O)CC(c2ccc(Cl)cc2Cl)N1. The van der Waals surface area contributed by atoms with E-state index in [4.69, 9.17) is 28.3 Å². The van der Waals surface area contributed by atoms with Gasteiger partial charge in [0.25, 0.3) is 0 Å². The number of sulfone groups is 1. The van der Waals surface area contributed by atoms with Crippen LogP contribution in [0, 0.1) is 0 Å². The Morgan fingerprint density at radius 1 is 1.32 bits per heavy atom. The molecule has 1 aromatic rings. The van der Waals surface area contributed by atoms with Crippen LogP contribution in [0.3, 0.4) is 0 Å². The zero-order valence-corrected chi connectivity index (χ0v) is 12.0. The summed E-state index contributed by atoms with van der Waals surface area (Å²) in [6, 6.07) is 2.90. The maximum Gasteiger partial charge on any atom is 0.321 e. The summed E-state index contributed by atoms with van der Waals surface area (Å²) in [6.45, 7) is 0. The highest BCUT2D eigenvalue weighted by atomic mass is 35.5. The summed E-state index contributed by atoms with van der Waals surface area (Å²) in [4.78, 5) is 11.0. The molecule has 1 aliphatic heterocycles. The van der Waals surface area contributed by atoms with E-state index in [2.05, 4.69) is 5.32 Å². The average Bonchev–Trinajstić information content (AvgIpc) is 2.26. The lowest BCUT2D eigenvalue weighted by molar-refractivity contribution is -0.139. The number of hydrogen-bond acceptors (Lipinski definition) is 4. The zero-order valence-electron chi connectivity index (χ0n) is 9.64. The number of carboxylic acids is 1. The third-order valence-corrected chi connectivity index (χ3v) is 5.12. The van der Waals surface area contributed by atoms with Gasteiger partial charge in [-0.1, -0.05) is 29.3 Å². The summed E-state index contributed by atoms with van der Waals surface area (Å²) in [5.74, 6) is -1.79. The van der Waals surface area contributed by atoms with Crippen LogP contribution in [0.15, 0.2) is 18.2 Å². The molecule has 0 aromatic heterocycles. The van der Waals surface area contributed by atoms with Crippen molar-refractivity contribution in [1.82, 2.24) is 5.32 Å². The number of benzene rings is 1. The van der Waals surface area contributed by atoms with Crippen molar-refractivity contribution in [2.24, 2.45) is 0 Å². The molecular weight excluding hydrogens is 313 g/mol. The van der Waals surface area contributed by atoms with Gasteiger partial charge in [0.05, 0.1) is 11.5 Å². The molecule has 0 spiro atoms. The fraction of sp³-hybridized carbons (Fsp3) is 0.364. The Labute approximate surface area is 120 Å². The summed E-state index contributed by atoms with van der Waals surface area (Å²) >= 11 is 11.8. The molecular formula is C11H11Cl2NO4S. The van der Waals surface area contributed by atoms with Gasteiger partial charge in [-0.15, -0.1) is 0 Å². The molecule has 1 fully saturated rings. The maximum absolute atomic E-state index is 11.8. The highest BCUT2D eigenvalue weighted by Gasteiger charge is 2.36. The van der Waals surface area contributed by atoms with Crippen molar-refractivity contribution < 1.29 is 18.3 Å². The molecule has 0 radical (unpaired) electrons. The molecule has 0 bridgehead atoms. The van der Waals surface area contributed by atoms with Crippen LogP contribution >= 0.6 is 23.2 Å². The van der Waals surface area contributed by atoms with E-state index in [-0.39, 0.29) is 5.75 Å². The molecule has 0 amide bonds. The molecule has 19 heavy (non-hydrogen) atoms. The highest BCUT2D eigenvalue weighted by Crippen LogP contribution is 2.29. The fourth-order valence-corrected chi connectivity index (χ4v) is 4.23. The van der Waals surface area contributed by atoms with E-state index in [0.29, 0.717) is 15.6 Å². The molecule has 104 valence electrons. The fourth-order valence-electron chi connectivity index (χ4n) is 2.02. The average molecular weight is 324 g/mol. The first-order chi connectivity index (χ1) is 8.78. The lowest BCUT2D eigenvalue weighted by Gasteiger charge is -2.29. The largest absolute Gasteiger partial charge is 0.480 e. The van der Waals surface area contributed by atoms with Gasteiger partial charge in [-0.05, 0) is 17.7 Å². The minimum atomic E-state index is -3.44. The van der Waals surface area contributed by atoms with E-state index in [9.17, 15) is 13.2 Å². The normalized spacial score (nSPS) is 26.0. The van der Waals surface area contributed by atoms with Gasteiger partial charge in [0.15, 0.2) is 9.84 Å². The Kier molecular flexibility index (Phi) is 4.06. The maximum atomic E-state index is 11.8. The number of carbonyl (C=O) groups is 1. The molecule has 0 aliphatic carbocycles. The summed E-state index contributed by atoms with van der Waals surface area (Å²) in [6.07, 6.45) is 0. The van der Waals surface area contributed by atoms with Crippen LogP contribution in [0.5, 0.6) is 0 Å². The van der Waals surface area contributed by atoms with E-state index in [1.807, 2.05) is 0 Å². The van der Waals surface area contributed by atoms with Crippen molar-refractivity contribution in [3.05, 3.63) is 33.8 Å². The van der Waals surface area contributed by atoms with Crippen molar-refractivity contribution in [2.75, 3.05) is 11.5 Å². The van der Waals surface area contributed by atoms with E-state index in [0.717, 1.165) is 0 Å². The lowest BCUT2D eigenvalue weighted by Crippen LogP contribution is -2.51. The van der Waals surface area contributed by atoms with Gasteiger partial charge in [0.1, 0.15) is 6.04 Å². The number of nitrogens with one attached hydrogen (secondary N) is 1. The quantitative estimate of drug-likeness (QED) is 0.861. The van der Waals surface area contributed by atoms with Gasteiger partial charge in [-0.2, -0.15) is 0 Å². The monoisotopic (exact) mass is 323 g/mol.